The molecule has 2 fully saturated rings. The first-order valence-electron chi connectivity index (χ1n) is 12.5. The van der Waals surface area contributed by atoms with Crippen LogP contribution >= 0.6 is 0 Å². The van der Waals surface area contributed by atoms with E-state index in [1.807, 2.05) is 0 Å². The van der Waals surface area contributed by atoms with Gasteiger partial charge in [0.25, 0.3) is 0 Å². The van der Waals surface area contributed by atoms with Gasteiger partial charge in [-0.2, -0.15) is 17.9 Å². The summed E-state index contributed by atoms with van der Waals surface area (Å²) in [5.41, 5.74) is 0.345. The van der Waals surface area contributed by atoms with E-state index in [9.17, 15) is 31.2 Å². The number of sulfonamides is 1. The van der Waals surface area contributed by atoms with Crippen molar-refractivity contribution >= 4 is 27.8 Å². The van der Waals surface area contributed by atoms with E-state index >= 15 is 0 Å². The lowest BCUT2D eigenvalue weighted by Crippen LogP contribution is -2.49. The fourth-order valence-corrected chi connectivity index (χ4v) is 5.56. The number of piperidine rings is 1. The Bertz CT molecular complexity index is 1300. The maximum absolute atomic E-state index is 13.8. The third-order valence-electron chi connectivity index (χ3n) is 6.93. The van der Waals surface area contributed by atoms with E-state index in [1.54, 1.807) is 15.9 Å². The van der Waals surface area contributed by atoms with Crippen LogP contribution in [0.15, 0.2) is 30.5 Å². The van der Waals surface area contributed by atoms with Crippen molar-refractivity contribution in [3.05, 3.63) is 47.2 Å². The number of nitrogens with zero attached hydrogens (tertiary/aromatic N) is 5. The second-order valence-electron chi connectivity index (χ2n) is 9.93. The molecule has 0 radical (unpaired) electrons. The van der Waals surface area contributed by atoms with Crippen LogP contribution in [-0.4, -0.2) is 102 Å². The number of anilines is 1. The standard InChI is InChI=1S/C24H31F3N6O5S/c1-39(37,38)29-21-6-9-33(28-21)23(36)32-12-10-31(11-13-32)15-17-2-3-20(24(25,26)27)19(14-17)18-4-7-30(8-5-18)16-22(34)35/h2-3,6,9,14,18H,4-5,7-8,10-13,15-16H2,1H3,(H,28,29)(H,34,35). The lowest BCUT2D eigenvalue weighted by atomic mass is 9.85. The van der Waals surface area contributed by atoms with E-state index in [2.05, 4.69) is 14.7 Å². The minimum Gasteiger partial charge on any atom is -0.480 e. The normalized spacial score (nSPS) is 18.3. The summed E-state index contributed by atoms with van der Waals surface area (Å²) in [6, 6.07) is 5.23. The molecule has 1 aromatic carbocycles. The summed E-state index contributed by atoms with van der Waals surface area (Å²) in [5, 5.41) is 12.9. The Labute approximate surface area is 224 Å². The van der Waals surface area contributed by atoms with Crippen molar-refractivity contribution in [2.75, 3.05) is 56.8 Å². The molecule has 0 spiro atoms. The average molecular weight is 573 g/mol. The summed E-state index contributed by atoms with van der Waals surface area (Å²) in [6.45, 7) is 2.93. The largest absolute Gasteiger partial charge is 0.480 e. The Balaban J connectivity index is 1.38. The first-order chi connectivity index (χ1) is 18.3. The minimum atomic E-state index is -4.48. The van der Waals surface area contributed by atoms with Crippen LogP contribution < -0.4 is 4.72 Å². The number of carboxylic acids is 1. The minimum absolute atomic E-state index is 0.0372. The summed E-state index contributed by atoms with van der Waals surface area (Å²) in [5.74, 6) is -1.22. The molecule has 11 nitrogen and oxygen atoms in total. The fourth-order valence-electron chi connectivity index (χ4n) is 5.08. The third-order valence-corrected chi connectivity index (χ3v) is 7.51. The number of aromatic nitrogens is 2. The number of nitrogens with one attached hydrogen (secondary N) is 1. The van der Waals surface area contributed by atoms with Crippen molar-refractivity contribution in [3.63, 3.8) is 0 Å². The summed E-state index contributed by atoms with van der Waals surface area (Å²) >= 11 is 0. The molecule has 0 unspecified atom stereocenters. The number of aliphatic carboxylic acids is 1. The van der Waals surface area contributed by atoms with E-state index < -0.39 is 33.8 Å². The number of piperazine rings is 1. The molecule has 1 amide bonds. The van der Waals surface area contributed by atoms with Gasteiger partial charge in [-0.25, -0.2) is 13.2 Å². The van der Waals surface area contributed by atoms with Gasteiger partial charge in [-0.3, -0.25) is 19.3 Å². The van der Waals surface area contributed by atoms with Crippen molar-refractivity contribution < 1.29 is 36.3 Å². The number of likely N-dealkylation sites (tertiary alicyclic amines) is 1. The fraction of sp³-hybridized carbons (Fsp3) is 0.542. The molecule has 15 heteroatoms. The number of carboxylic acid groups (broad SMARTS) is 1. The smallest absolute Gasteiger partial charge is 0.416 e. The summed E-state index contributed by atoms with van der Waals surface area (Å²) in [7, 11) is -3.52. The Morgan fingerprint density at radius 1 is 1.05 bits per heavy atom. The van der Waals surface area contributed by atoms with Gasteiger partial charge in [0.2, 0.25) is 10.0 Å². The number of hydrogen-bond donors (Lipinski definition) is 2. The molecule has 0 saturated carbocycles. The second kappa shape index (κ2) is 11.5. The number of hydrogen-bond acceptors (Lipinski definition) is 7. The highest BCUT2D eigenvalue weighted by molar-refractivity contribution is 7.92. The van der Waals surface area contributed by atoms with Gasteiger partial charge >= 0.3 is 18.2 Å². The summed E-state index contributed by atoms with van der Waals surface area (Å²) in [6.07, 6.45) is -1.22. The highest BCUT2D eigenvalue weighted by Gasteiger charge is 2.36. The molecule has 2 aliphatic rings. The van der Waals surface area contributed by atoms with Gasteiger partial charge in [0, 0.05) is 45.0 Å². The molecule has 4 rings (SSSR count). The van der Waals surface area contributed by atoms with Gasteiger partial charge < -0.3 is 10.0 Å². The predicted molar refractivity (Wildman–Crippen MR) is 136 cm³/mol. The molecular weight excluding hydrogens is 541 g/mol. The van der Waals surface area contributed by atoms with Crippen LogP contribution in [0, 0.1) is 0 Å². The van der Waals surface area contributed by atoms with Gasteiger partial charge in [-0.05, 0) is 49.0 Å². The lowest BCUT2D eigenvalue weighted by molar-refractivity contribution is -0.138. The van der Waals surface area contributed by atoms with Gasteiger partial charge in [-0.15, -0.1) is 5.10 Å². The van der Waals surface area contributed by atoms with Crippen LogP contribution in [0.4, 0.5) is 23.8 Å². The van der Waals surface area contributed by atoms with Gasteiger partial charge in [0.15, 0.2) is 5.82 Å². The number of halogens is 3. The molecule has 1 aromatic heterocycles. The Hall–Kier alpha value is -3.17. The highest BCUT2D eigenvalue weighted by Crippen LogP contribution is 2.39. The first-order valence-corrected chi connectivity index (χ1v) is 14.4. The quantitative estimate of drug-likeness (QED) is 0.518. The topological polar surface area (TPSA) is 128 Å². The molecular formula is C24H31F3N6O5S. The Morgan fingerprint density at radius 3 is 2.31 bits per heavy atom. The maximum Gasteiger partial charge on any atom is 0.416 e. The molecule has 0 bridgehead atoms. The number of rotatable bonds is 7. The van der Waals surface area contributed by atoms with Crippen molar-refractivity contribution in [1.82, 2.24) is 24.5 Å². The number of benzene rings is 1. The zero-order valence-corrected chi connectivity index (χ0v) is 22.2. The van der Waals surface area contributed by atoms with Crippen molar-refractivity contribution in [2.45, 2.75) is 31.5 Å². The number of alkyl halides is 3. The maximum atomic E-state index is 13.8. The van der Waals surface area contributed by atoms with Crippen molar-refractivity contribution in [1.29, 1.82) is 0 Å². The van der Waals surface area contributed by atoms with Gasteiger partial charge in [-0.1, -0.05) is 12.1 Å². The predicted octanol–water partition coefficient (Wildman–Crippen LogP) is 2.32. The van der Waals surface area contributed by atoms with E-state index in [0.717, 1.165) is 22.6 Å². The van der Waals surface area contributed by atoms with Crippen LogP contribution in [0.3, 0.4) is 0 Å². The zero-order chi connectivity index (χ0) is 28.4. The lowest BCUT2D eigenvalue weighted by Gasteiger charge is -2.35. The van der Waals surface area contributed by atoms with Gasteiger partial charge in [0.1, 0.15) is 0 Å². The summed E-state index contributed by atoms with van der Waals surface area (Å²) in [4.78, 5) is 29.1. The molecule has 2 N–H and O–H groups in total. The second-order valence-corrected chi connectivity index (χ2v) is 11.7. The van der Waals surface area contributed by atoms with Crippen molar-refractivity contribution in [2.24, 2.45) is 0 Å². The van der Waals surface area contributed by atoms with Gasteiger partial charge in [0.05, 0.1) is 18.4 Å². The zero-order valence-electron chi connectivity index (χ0n) is 21.4. The Kier molecular flexibility index (Phi) is 8.51. The van der Waals surface area contributed by atoms with Crippen LogP contribution in [0.5, 0.6) is 0 Å². The monoisotopic (exact) mass is 572 g/mol. The molecule has 214 valence electrons. The molecule has 3 heterocycles. The molecule has 2 aromatic rings. The third kappa shape index (κ3) is 7.70. The number of carbonyl (C=O) groups is 2. The number of amides is 1. The number of carbonyl (C=O) groups excluding carboxylic acids is 1. The van der Waals surface area contributed by atoms with E-state index in [1.165, 1.54) is 18.3 Å². The average Bonchev–Trinajstić information content (AvgIpc) is 3.30. The SMILES string of the molecule is CS(=O)(=O)Nc1ccn(C(=O)N2CCN(Cc3ccc(C(F)(F)F)c(C4CCN(CC(=O)O)CC4)c3)CC2)n1. The van der Waals surface area contributed by atoms with Crippen LogP contribution in [-0.2, 0) is 27.5 Å². The molecule has 2 aliphatic heterocycles. The van der Waals surface area contributed by atoms with Crippen LogP contribution in [0.25, 0.3) is 0 Å². The highest BCUT2D eigenvalue weighted by atomic mass is 32.2. The van der Waals surface area contributed by atoms with E-state index in [-0.39, 0.29) is 23.8 Å². The molecule has 0 atom stereocenters. The van der Waals surface area contributed by atoms with E-state index in [4.69, 9.17) is 5.11 Å². The Morgan fingerprint density at radius 2 is 1.72 bits per heavy atom. The van der Waals surface area contributed by atoms with Crippen molar-refractivity contribution in [3.8, 4) is 0 Å². The molecule has 0 aliphatic carbocycles. The van der Waals surface area contributed by atoms with Crippen LogP contribution in [0.1, 0.15) is 35.4 Å². The van der Waals surface area contributed by atoms with Crippen LogP contribution in [0.2, 0.25) is 0 Å². The first kappa shape index (κ1) is 28.8. The summed E-state index contributed by atoms with van der Waals surface area (Å²) < 4.78 is 67.4. The molecule has 39 heavy (non-hydrogen) atoms. The van der Waals surface area contributed by atoms with E-state index in [0.29, 0.717) is 58.7 Å². The molecule has 2 saturated heterocycles.